The Morgan fingerprint density at radius 1 is 1.24 bits per heavy atom. The number of nitrogens with one attached hydrogen (secondary N) is 1. The molecule has 1 N–H and O–H groups in total. The van der Waals surface area contributed by atoms with Crippen molar-refractivity contribution in [3.63, 3.8) is 0 Å². The third-order valence-corrected chi connectivity index (χ3v) is 5.46. The van der Waals surface area contributed by atoms with Crippen LogP contribution in [0.3, 0.4) is 0 Å². The first kappa shape index (κ1) is 17.4. The molecule has 7 heteroatoms. The zero-order valence-corrected chi connectivity index (χ0v) is 14.9. The Kier molecular flexibility index (Phi) is 4.51. The number of hydrogen-bond donors (Lipinski definition) is 1. The minimum atomic E-state index is -3.31. The highest BCUT2D eigenvalue weighted by atomic mass is 32.2. The van der Waals surface area contributed by atoms with Gasteiger partial charge >= 0.3 is 0 Å². The van der Waals surface area contributed by atoms with Crippen molar-refractivity contribution in [1.82, 2.24) is 5.32 Å². The van der Waals surface area contributed by atoms with Crippen LogP contribution in [-0.2, 0) is 23.0 Å². The molecular weight excluding hydrogens is 343 g/mol. The van der Waals surface area contributed by atoms with Crippen LogP contribution in [0.5, 0.6) is 0 Å². The summed E-state index contributed by atoms with van der Waals surface area (Å²) in [7, 11) is -3.31. The van der Waals surface area contributed by atoms with Gasteiger partial charge in [0.25, 0.3) is 5.91 Å². The Bertz CT molecular complexity index is 941. The monoisotopic (exact) mass is 362 g/mol. The van der Waals surface area contributed by atoms with Gasteiger partial charge in [-0.3, -0.25) is 9.10 Å². The smallest absolute Gasteiger partial charge is 0.251 e. The van der Waals surface area contributed by atoms with E-state index in [9.17, 15) is 17.6 Å². The lowest BCUT2D eigenvalue weighted by molar-refractivity contribution is 0.0951. The van der Waals surface area contributed by atoms with Crippen LogP contribution in [0.2, 0.25) is 0 Å². The molecule has 5 nitrogen and oxygen atoms in total. The van der Waals surface area contributed by atoms with Crippen LogP contribution < -0.4 is 9.62 Å². The van der Waals surface area contributed by atoms with Crippen molar-refractivity contribution in [2.24, 2.45) is 0 Å². The molecule has 1 aliphatic heterocycles. The zero-order valence-electron chi connectivity index (χ0n) is 14.0. The fraction of sp³-hybridized carbons (Fsp3) is 0.278. The van der Waals surface area contributed by atoms with E-state index < -0.39 is 10.0 Å². The van der Waals surface area contributed by atoms with Crippen molar-refractivity contribution in [3.05, 3.63) is 64.5 Å². The summed E-state index contributed by atoms with van der Waals surface area (Å²) in [5.74, 6) is -0.577. The number of nitrogens with zero attached hydrogens (tertiary/aromatic N) is 1. The van der Waals surface area contributed by atoms with Crippen LogP contribution in [0.4, 0.5) is 10.1 Å². The molecule has 0 saturated carbocycles. The van der Waals surface area contributed by atoms with Gasteiger partial charge in [0.05, 0.1) is 11.9 Å². The van der Waals surface area contributed by atoms with Gasteiger partial charge in [0, 0.05) is 18.7 Å². The SMILES string of the molecule is Cc1ccc(CNC(=O)c2ccc3c(c2)CCN3S(C)(=O)=O)cc1F. The lowest BCUT2D eigenvalue weighted by Gasteiger charge is -2.16. The summed E-state index contributed by atoms with van der Waals surface area (Å²) in [6, 6.07) is 9.82. The Labute approximate surface area is 146 Å². The molecular formula is C18H19FN2O3S. The van der Waals surface area contributed by atoms with Crippen molar-refractivity contribution < 1.29 is 17.6 Å². The molecule has 0 radical (unpaired) electrons. The van der Waals surface area contributed by atoms with E-state index in [0.717, 1.165) is 5.56 Å². The highest BCUT2D eigenvalue weighted by Gasteiger charge is 2.26. The van der Waals surface area contributed by atoms with Gasteiger partial charge in [-0.15, -0.1) is 0 Å². The Balaban J connectivity index is 1.72. The van der Waals surface area contributed by atoms with Crippen LogP contribution in [0.25, 0.3) is 0 Å². The molecule has 3 rings (SSSR count). The number of fused-ring (bicyclic) bond motifs is 1. The van der Waals surface area contributed by atoms with Crippen LogP contribution in [-0.4, -0.2) is 27.1 Å². The maximum absolute atomic E-state index is 13.5. The van der Waals surface area contributed by atoms with Gasteiger partial charge in [0.1, 0.15) is 5.82 Å². The van der Waals surface area contributed by atoms with Crippen molar-refractivity contribution >= 4 is 21.6 Å². The van der Waals surface area contributed by atoms with Gasteiger partial charge < -0.3 is 5.32 Å². The quantitative estimate of drug-likeness (QED) is 0.908. The minimum absolute atomic E-state index is 0.225. The number of halogens is 1. The van der Waals surface area contributed by atoms with E-state index in [-0.39, 0.29) is 18.3 Å². The largest absolute Gasteiger partial charge is 0.348 e. The second-order valence-electron chi connectivity index (χ2n) is 6.19. The fourth-order valence-corrected chi connectivity index (χ4v) is 3.85. The van der Waals surface area contributed by atoms with Crippen LogP contribution in [0, 0.1) is 12.7 Å². The summed E-state index contributed by atoms with van der Waals surface area (Å²) in [6.07, 6.45) is 1.75. The number of sulfonamides is 1. The van der Waals surface area contributed by atoms with E-state index in [1.807, 2.05) is 0 Å². The first-order valence-corrected chi connectivity index (χ1v) is 9.74. The summed E-state index contributed by atoms with van der Waals surface area (Å²) < 4.78 is 38.4. The van der Waals surface area contributed by atoms with E-state index in [4.69, 9.17) is 0 Å². The number of carbonyl (C=O) groups excluding carboxylic acids is 1. The molecule has 0 unspecified atom stereocenters. The molecule has 0 bridgehead atoms. The number of amides is 1. The van der Waals surface area contributed by atoms with Crippen molar-refractivity contribution in [2.45, 2.75) is 19.9 Å². The average Bonchev–Trinajstić information content (AvgIpc) is 2.99. The van der Waals surface area contributed by atoms with Crippen LogP contribution in [0.1, 0.15) is 27.0 Å². The highest BCUT2D eigenvalue weighted by molar-refractivity contribution is 7.92. The first-order valence-electron chi connectivity index (χ1n) is 7.89. The molecule has 0 spiro atoms. The van der Waals surface area contributed by atoms with Crippen molar-refractivity contribution in [2.75, 3.05) is 17.1 Å². The molecule has 1 amide bonds. The molecule has 25 heavy (non-hydrogen) atoms. The molecule has 0 saturated heterocycles. The Hall–Kier alpha value is -2.41. The Morgan fingerprint density at radius 2 is 2.00 bits per heavy atom. The Morgan fingerprint density at radius 3 is 2.68 bits per heavy atom. The van der Waals surface area contributed by atoms with E-state index in [1.165, 1.54) is 16.6 Å². The summed E-state index contributed by atoms with van der Waals surface area (Å²) in [6.45, 7) is 2.30. The zero-order chi connectivity index (χ0) is 18.2. The number of hydrogen-bond acceptors (Lipinski definition) is 3. The maximum Gasteiger partial charge on any atom is 0.251 e. The van der Waals surface area contributed by atoms with E-state index in [2.05, 4.69) is 5.32 Å². The third-order valence-electron chi connectivity index (χ3n) is 4.28. The summed E-state index contributed by atoms with van der Waals surface area (Å²) in [5, 5.41) is 2.76. The van der Waals surface area contributed by atoms with Crippen molar-refractivity contribution in [1.29, 1.82) is 0 Å². The topological polar surface area (TPSA) is 66.5 Å². The summed E-state index contributed by atoms with van der Waals surface area (Å²) in [5.41, 5.74) is 3.16. The lowest BCUT2D eigenvalue weighted by atomic mass is 10.1. The maximum atomic E-state index is 13.5. The summed E-state index contributed by atoms with van der Waals surface area (Å²) >= 11 is 0. The predicted molar refractivity (Wildman–Crippen MR) is 94.6 cm³/mol. The van der Waals surface area contributed by atoms with Crippen LogP contribution >= 0.6 is 0 Å². The average molecular weight is 362 g/mol. The van der Waals surface area contributed by atoms with Gasteiger partial charge in [0.15, 0.2) is 0 Å². The number of carbonyl (C=O) groups is 1. The minimum Gasteiger partial charge on any atom is -0.348 e. The highest BCUT2D eigenvalue weighted by Crippen LogP contribution is 2.30. The van der Waals surface area contributed by atoms with E-state index in [1.54, 1.807) is 37.3 Å². The second kappa shape index (κ2) is 6.48. The van der Waals surface area contributed by atoms with Gasteiger partial charge in [-0.1, -0.05) is 12.1 Å². The van der Waals surface area contributed by atoms with Gasteiger partial charge in [-0.25, -0.2) is 12.8 Å². The molecule has 2 aromatic rings. The standard InChI is InChI=1S/C18H19FN2O3S/c1-12-3-4-13(9-16(12)19)11-20-18(22)15-5-6-17-14(10-15)7-8-21(17)25(2,23)24/h3-6,9-10H,7-8,11H2,1-2H3,(H,20,22). The molecule has 0 aromatic heterocycles. The molecule has 1 aliphatic rings. The lowest BCUT2D eigenvalue weighted by Crippen LogP contribution is -2.27. The molecule has 0 atom stereocenters. The molecule has 0 aliphatic carbocycles. The third kappa shape index (κ3) is 3.66. The van der Waals surface area contributed by atoms with Gasteiger partial charge in [-0.05, 0) is 54.3 Å². The summed E-state index contributed by atoms with van der Waals surface area (Å²) in [4.78, 5) is 12.3. The van der Waals surface area contributed by atoms with Gasteiger partial charge in [-0.2, -0.15) is 0 Å². The van der Waals surface area contributed by atoms with Crippen molar-refractivity contribution in [3.8, 4) is 0 Å². The first-order chi connectivity index (χ1) is 11.8. The van der Waals surface area contributed by atoms with E-state index in [0.29, 0.717) is 35.3 Å². The van der Waals surface area contributed by atoms with Crippen LogP contribution in [0.15, 0.2) is 36.4 Å². The number of anilines is 1. The fourth-order valence-electron chi connectivity index (χ4n) is 2.89. The molecule has 2 aromatic carbocycles. The molecule has 132 valence electrons. The van der Waals surface area contributed by atoms with E-state index >= 15 is 0 Å². The van der Waals surface area contributed by atoms with Gasteiger partial charge in [0.2, 0.25) is 10.0 Å². The number of benzene rings is 2. The number of aryl methyl sites for hydroxylation is 1. The second-order valence-corrected chi connectivity index (χ2v) is 8.10. The molecule has 1 heterocycles. The molecule has 0 fully saturated rings. The number of rotatable bonds is 4. The normalized spacial score (nSPS) is 13.6. The predicted octanol–water partition coefficient (Wildman–Crippen LogP) is 2.39.